The third-order valence-corrected chi connectivity index (χ3v) is 4.79. The lowest BCUT2D eigenvalue weighted by Crippen LogP contribution is -2.23. The zero-order chi connectivity index (χ0) is 21.9. The molecule has 158 valence electrons. The Morgan fingerprint density at radius 1 is 1.10 bits per heavy atom. The Morgan fingerprint density at radius 3 is 2.37 bits per heavy atom. The van der Waals surface area contributed by atoms with Crippen molar-refractivity contribution >= 4 is 24.2 Å². The largest absolute Gasteiger partial charge is 0.497 e. The van der Waals surface area contributed by atoms with Gasteiger partial charge in [-0.25, -0.2) is 4.99 Å². The number of nitrogens with one attached hydrogen (secondary N) is 2. The average Bonchev–Trinajstić information content (AvgIpc) is 3.22. The fourth-order valence-electron chi connectivity index (χ4n) is 3.09. The minimum absolute atomic E-state index is 0.0171. The van der Waals surface area contributed by atoms with Crippen LogP contribution in [0, 0.1) is 10.8 Å². The van der Waals surface area contributed by atoms with Crippen LogP contribution in [0.15, 0.2) is 47.5 Å². The molecule has 0 atom stereocenters. The molecule has 2 aromatic rings. The normalized spacial score (nSPS) is 12.2. The molecule has 2 N–H and O–H groups in total. The Labute approximate surface area is 178 Å². The second kappa shape index (κ2) is 11.7. The highest BCUT2D eigenvalue weighted by atomic mass is 16.5. The van der Waals surface area contributed by atoms with Crippen LogP contribution >= 0.6 is 0 Å². The fourth-order valence-corrected chi connectivity index (χ4v) is 3.09. The number of amidine groups is 1. The van der Waals surface area contributed by atoms with Crippen molar-refractivity contribution < 1.29 is 9.53 Å². The smallest absolute Gasteiger partial charge is 0.222 e. The highest BCUT2D eigenvalue weighted by Gasteiger charge is 2.22. The first-order valence-electron chi connectivity index (χ1n) is 10.2. The SMILES string of the molecule is CCC(=O)N1Cc2ccc(-c3ccc(OC)cc3)cc2C1.CCCC=NC(=N)C=N. The molecule has 1 aliphatic rings. The van der Waals surface area contributed by atoms with Crippen LogP contribution in [-0.2, 0) is 17.9 Å². The molecule has 1 aliphatic heterocycles. The van der Waals surface area contributed by atoms with Crippen molar-refractivity contribution in [3.05, 3.63) is 53.6 Å². The molecule has 6 nitrogen and oxygen atoms in total. The number of rotatable bonds is 6. The van der Waals surface area contributed by atoms with Crippen LogP contribution in [0.4, 0.5) is 0 Å². The number of carbonyl (C=O) groups is 1. The van der Waals surface area contributed by atoms with Crippen molar-refractivity contribution in [1.82, 2.24) is 4.90 Å². The first-order valence-corrected chi connectivity index (χ1v) is 10.2. The molecular weight excluding hydrogens is 376 g/mol. The molecule has 6 heteroatoms. The van der Waals surface area contributed by atoms with E-state index in [1.54, 1.807) is 13.3 Å². The van der Waals surface area contributed by atoms with Gasteiger partial charge in [-0.2, -0.15) is 0 Å². The quantitative estimate of drug-likeness (QED) is 0.516. The van der Waals surface area contributed by atoms with Crippen LogP contribution in [0.3, 0.4) is 0 Å². The minimum Gasteiger partial charge on any atom is -0.497 e. The number of methoxy groups -OCH3 is 1. The summed E-state index contributed by atoms with van der Waals surface area (Å²) in [6.07, 6.45) is 5.07. The highest BCUT2D eigenvalue weighted by Crippen LogP contribution is 2.29. The van der Waals surface area contributed by atoms with E-state index in [0.29, 0.717) is 6.42 Å². The molecule has 0 aliphatic carbocycles. The van der Waals surface area contributed by atoms with Gasteiger partial charge in [-0.05, 0) is 46.9 Å². The molecular formula is C24H30N4O2. The minimum atomic E-state index is 0.0171. The summed E-state index contributed by atoms with van der Waals surface area (Å²) >= 11 is 0. The van der Waals surface area contributed by atoms with Crippen molar-refractivity contribution in [3.63, 3.8) is 0 Å². The third kappa shape index (κ3) is 6.37. The van der Waals surface area contributed by atoms with Gasteiger partial charge in [0.05, 0.1) is 13.3 Å². The predicted octanol–water partition coefficient (Wildman–Crippen LogP) is 5.10. The van der Waals surface area contributed by atoms with Crippen molar-refractivity contribution in [2.75, 3.05) is 7.11 Å². The molecule has 0 spiro atoms. The number of benzene rings is 2. The van der Waals surface area contributed by atoms with E-state index in [4.69, 9.17) is 15.6 Å². The van der Waals surface area contributed by atoms with Crippen molar-refractivity contribution in [3.8, 4) is 16.9 Å². The van der Waals surface area contributed by atoms with Gasteiger partial charge in [0.1, 0.15) is 5.75 Å². The number of amides is 1. The number of unbranched alkanes of at least 4 members (excludes halogenated alkanes) is 1. The Morgan fingerprint density at radius 2 is 1.77 bits per heavy atom. The van der Waals surface area contributed by atoms with E-state index in [-0.39, 0.29) is 11.7 Å². The van der Waals surface area contributed by atoms with Crippen LogP contribution in [-0.4, -0.2) is 36.2 Å². The van der Waals surface area contributed by atoms with Crippen molar-refractivity contribution in [1.29, 1.82) is 10.8 Å². The molecule has 30 heavy (non-hydrogen) atoms. The molecule has 3 rings (SSSR count). The maximum atomic E-state index is 11.8. The Kier molecular flexibility index (Phi) is 8.94. The molecule has 0 bridgehead atoms. The summed E-state index contributed by atoms with van der Waals surface area (Å²) in [4.78, 5) is 17.4. The van der Waals surface area contributed by atoms with Gasteiger partial charge in [-0.15, -0.1) is 0 Å². The molecule has 1 heterocycles. The summed E-state index contributed by atoms with van der Waals surface area (Å²) in [5.74, 6) is 1.10. The lowest BCUT2D eigenvalue weighted by atomic mass is 10.0. The second-order valence-corrected chi connectivity index (χ2v) is 6.95. The summed E-state index contributed by atoms with van der Waals surface area (Å²) in [5, 5.41) is 13.5. The van der Waals surface area contributed by atoms with E-state index < -0.39 is 0 Å². The number of aliphatic imine (C=N–C) groups is 1. The van der Waals surface area contributed by atoms with Crippen molar-refractivity contribution in [2.45, 2.75) is 46.2 Å². The summed E-state index contributed by atoms with van der Waals surface area (Å²) in [6, 6.07) is 14.5. The van der Waals surface area contributed by atoms with Gasteiger partial charge >= 0.3 is 0 Å². The van der Waals surface area contributed by atoms with Crippen molar-refractivity contribution in [2.24, 2.45) is 4.99 Å². The van der Waals surface area contributed by atoms with E-state index in [0.717, 1.165) is 37.9 Å². The van der Waals surface area contributed by atoms with E-state index in [9.17, 15) is 4.79 Å². The second-order valence-electron chi connectivity index (χ2n) is 6.95. The van der Waals surface area contributed by atoms with Gasteiger partial charge in [0, 0.05) is 25.7 Å². The van der Waals surface area contributed by atoms with E-state index in [1.807, 2.05) is 30.9 Å². The predicted molar refractivity (Wildman–Crippen MR) is 123 cm³/mol. The molecule has 0 saturated heterocycles. The summed E-state index contributed by atoms with van der Waals surface area (Å²) in [5.41, 5.74) is 4.86. The number of hydrogen-bond donors (Lipinski definition) is 2. The fraction of sp³-hybridized carbons (Fsp3) is 0.333. The van der Waals surface area contributed by atoms with Gasteiger partial charge in [-0.3, -0.25) is 10.2 Å². The topological polar surface area (TPSA) is 89.6 Å². The first-order chi connectivity index (χ1) is 14.5. The Hall–Kier alpha value is -3.28. The van der Waals surface area contributed by atoms with Gasteiger partial charge in [-0.1, -0.05) is 44.5 Å². The molecule has 0 saturated carbocycles. The van der Waals surface area contributed by atoms with Crippen LogP contribution < -0.4 is 4.74 Å². The van der Waals surface area contributed by atoms with Gasteiger partial charge < -0.3 is 15.0 Å². The Balaban J connectivity index is 0.000000303. The van der Waals surface area contributed by atoms with Crippen LogP contribution in [0.25, 0.3) is 11.1 Å². The van der Waals surface area contributed by atoms with E-state index in [2.05, 4.69) is 35.3 Å². The molecule has 0 aromatic heterocycles. The maximum Gasteiger partial charge on any atom is 0.222 e. The van der Waals surface area contributed by atoms with E-state index in [1.165, 1.54) is 22.3 Å². The van der Waals surface area contributed by atoms with Crippen LogP contribution in [0.1, 0.15) is 44.2 Å². The Bertz CT molecular complexity index is 904. The lowest BCUT2D eigenvalue weighted by Gasteiger charge is -2.13. The number of ether oxygens (including phenoxy) is 1. The molecule has 0 unspecified atom stereocenters. The zero-order valence-electron chi connectivity index (χ0n) is 17.9. The first kappa shape index (κ1) is 23.0. The number of carbonyl (C=O) groups excluding carboxylic acids is 1. The maximum absolute atomic E-state index is 11.8. The summed E-state index contributed by atoms with van der Waals surface area (Å²) < 4.78 is 5.19. The third-order valence-electron chi connectivity index (χ3n) is 4.79. The highest BCUT2D eigenvalue weighted by molar-refractivity contribution is 6.28. The zero-order valence-corrected chi connectivity index (χ0v) is 17.9. The van der Waals surface area contributed by atoms with Crippen LogP contribution in [0.2, 0.25) is 0 Å². The van der Waals surface area contributed by atoms with Gasteiger partial charge in [0.15, 0.2) is 5.84 Å². The molecule has 2 aromatic carbocycles. The summed E-state index contributed by atoms with van der Waals surface area (Å²) in [7, 11) is 1.67. The standard InChI is InChI=1S/C18H19NO2.C6H11N3/c1-3-18(20)19-11-15-5-4-14(10-16(15)12-19)13-6-8-17(21-2)9-7-13;1-2-3-4-9-6(8)5-7/h4-10H,3,11-12H2,1-2H3;4-5,7-8H,2-3H2,1H3. The van der Waals surface area contributed by atoms with Crippen LogP contribution in [0.5, 0.6) is 5.75 Å². The van der Waals surface area contributed by atoms with Gasteiger partial charge in [0.2, 0.25) is 5.91 Å². The number of nitrogens with zero attached hydrogens (tertiary/aromatic N) is 2. The monoisotopic (exact) mass is 406 g/mol. The molecule has 0 fully saturated rings. The molecule has 1 amide bonds. The van der Waals surface area contributed by atoms with Gasteiger partial charge in [0.25, 0.3) is 0 Å². The average molecular weight is 407 g/mol. The lowest BCUT2D eigenvalue weighted by molar-refractivity contribution is -0.131. The number of hydrogen-bond acceptors (Lipinski definition) is 4. The molecule has 0 radical (unpaired) electrons. The summed E-state index contributed by atoms with van der Waals surface area (Å²) in [6.45, 7) is 5.42. The van der Waals surface area contributed by atoms with E-state index >= 15 is 0 Å². The number of fused-ring (bicyclic) bond motifs is 1.